The summed E-state index contributed by atoms with van der Waals surface area (Å²) in [6.45, 7) is 1.98. The van der Waals surface area contributed by atoms with E-state index in [0.717, 1.165) is 45.1 Å². The van der Waals surface area contributed by atoms with Crippen LogP contribution in [-0.2, 0) is 9.53 Å². The van der Waals surface area contributed by atoms with Crippen LogP contribution < -0.4 is 5.73 Å². The monoisotopic (exact) mass is 280 g/mol. The average molecular weight is 280 g/mol. The third-order valence-electron chi connectivity index (χ3n) is 5.65. The van der Waals surface area contributed by atoms with E-state index >= 15 is 0 Å². The second-order valence-corrected chi connectivity index (χ2v) is 6.80. The van der Waals surface area contributed by atoms with Crippen LogP contribution in [0, 0.1) is 5.41 Å². The van der Waals surface area contributed by atoms with Gasteiger partial charge in [-0.05, 0) is 32.1 Å². The van der Waals surface area contributed by atoms with Crippen molar-refractivity contribution >= 4 is 5.91 Å². The van der Waals surface area contributed by atoms with Gasteiger partial charge in [-0.2, -0.15) is 0 Å². The SMILES string of the molecule is NCC1(C(=O)N2CCOC3CCCC32)CCCCCC1. The summed E-state index contributed by atoms with van der Waals surface area (Å²) in [5.41, 5.74) is 5.80. The third-order valence-corrected chi connectivity index (χ3v) is 5.65. The summed E-state index contributed by atoms with van der Waals surface area (Å²) in [5.74, 6) is 0.335. The van der Waals surface area contributed by atoms with Gasteiger partial charge in [0.05, 0.1) is 24.2 Å². The van der Waals surface area contributed by atoms with E-state index in [1.807, 2.05) is 0 Å². The molecule has 0 spiro atoms. The van der Waals surface area contributed by atoms with Gasteiger partial charge in [0.15, 0.2) is 0 Å². The van der Waals surface area contributed by atoms with E-state index in [9.17, 15) is 4.79 Å². The summed E-state index contributed by atoms with van der Waals surface area (Å²) >= 11 is 0. The standard InChI is InChI=1S/C16H28N2O2/c17-12-16(8-3-1-2-4-9-16)15(19)18-10-11-20-14-7-5-6-13(14)18/h13-14H,1-12,17H2. The molecule has 1 saturated heterocycles. The molecule has 1 aliphatic heterocycles. The lowest BCUT2D eigenvalue weighted by molar-refractivity contribution is -0.155. The van der Waals surface area contributed by atoms with Gasteiger partial charge in [-0.25, -0.2) is 0 Å². The zero-order valence-electron chi connectivity index (χ0n) is 12.5. The van der Waals surface area contributed by atoms with Gasteiger partial charge in [-0.1, -0.05) is 25.7 Å². The lowest BCUT2D eigenvalue weighted by Crippen LogP contribution is -2.57. The molecule has 2 aliphatic carbocycles. The quantitative estimate of drug-likeness (QED) is 0.788. The van der Waals surface area contributed by atoms with Crippen molar-refractivity contribution in [3.63, 3.8) is 0 Å². The summed E-state index contributed by atoms with van der Waals surface area (Å²) in [6.07, 6.45) is 10.5. The highest BCUT2D eigenvalue weighted by atomic mass is 16.5. The van der Waals surface area contributed by atoms with Crippen LogP contribution in [0.2, 0.25) is 0 Å². The second kappa shape index (κ2) is 6.02. The number of carbonyl (C=O) groups is 1. The molecule has 0 bridgehead atoms. The molecule has 3 aliphatic rings. The number of fused-ring (bicyclic) bond motifs is 1. The van der Waals surface area contributed by atoms with Crippen LogP contribution in [0.5, 0.6) is 0 Å². The molecule has 3 fully saturated rings. The molecule has 0 aromatic heterocycles. The van der Waals surface area contributed by atoms with Gasteiger partial charge in [0.25, 0.3) is 0 Å². The number of hydrogen-bond acceptors (Lipinski definition) is 3. The summed E-state index contributed by atoms with van der Waals surface area (Å²) in [7, 11) is 0. The molecule has 2 unspecified atom stereocenters. The smallest absolute Gasteiger partial charge is 0.230 e. The van der Waals surface area contributed by atoms with Crippen molar-refractivity contribution in [3.8, 4) is 0 Å². The van der Waals surface area contributed by atoms with Crippen LogP contribution in [0.25, 0.3) is 0 Å². The first-order chi connectivity index (χ1) is 9.77. The highest BCUT2D eigenvalue weighted by Crippen LogP contribution is 2.39. The summed E-state index contributed by atoms with van der Waals surface area (Å²) in [4.78, 5) is 15.3. The van der Waals surface area contributed by atoms with Gasteiger partial charge >= 0.3 is 0 Å². The maximum Gasteiger partial charge on any atom is 0.230 e. The Morgan fingerprint density at radius 1 is 1.15 bits per heavy atom. The van der Waals surface area contributed by atoms with E-state index in [-0.39, 0.29) is 11.5 Å². The van der Waals surface area contributed by atoms with Gasteiger partial charge < -0.3 is 15.4 Å². The Balaban J connectivity index is 1.78. The zero-order valence-corrected chi connectivity index (χ0v) is 12.5. The Morgan fingerprint density at radius 2 is 1.90 bits per heavy atom. The molecule has 3 rings (SSSR count). The maximum atomic E-state index is 13.2. The Labute approximate surface area is 122 Å². The summed E-state index contributed by atoms with van der Waals surface area (Å²) in [6, 6.07) is 0.322. The van der Waals surface area contributed by atoms with Gasteiger partial charge in [0.2, 0.25) is 5.91 Å². The van der Waals surface area contributed by atoms with E-state index in [1.54, 1.807) is 0 Å². The molecule has 20 heavy (non-hydrogen) atoms. The van der Waals surface area contributed by atoms with Crippen molar-refractivity contribution in [2.45, 2.75) is 69.9 Å². The van der Waals surface area contributed by atoms with Crippen LogP contribution in [0.1, 0.15) is 57.8 Å². The average Bonchev–Trinajstić information content (AvgIpc) is 2.83. The minimum Gasteiger partial charge on any atom is -0.374 e. The molecule has 0 aromatic rings. The fourth-order valence-electron chi connectivity index (χ4n) is 4.39. The molecule has 2 saturated carbocycles. The Kier molecular flexibility index (Phi) is 4.32. The van der Waals surface area contributed by atoms with E-state index in [4.69, 9.17) is 10.5 Å². The molecule has 1 amide bonds. The molecular weight excluding hydrogens is 252 g/mol. The highest BCUT2D eigenvalue weighted by molar-refractivity contribution is 5.83. The molecule has 1 heterocycles. The molecule has 4 nitrogen and oxygen atoms in total. The minimum atomic E-state index is -0.277. The molecule has 0 radical (unpaired) electrons. The third kappa shape index (κ3) is 2.48. The first-order valence-electron chi connectivity index (χ1n) is 8.40. The Hall–Kier alpha value is -0.610. The van der Waals surface area contributed by atoms with Crippen LogP contribution in [0.3, 0.4) is 0 Å². The highest BCUT2D eigenvalue weighted by Gasteiger charge is 2.46. The first-order valence-corrected chi connectivity index (χ1v) is 8.40. The topological polar surface area (TPSA) is 55.6 Å². The van der Waals surface area contributed by atoms with Gasteiger partial charge in [-0.3, -0.25) is 4.79 Å². The van der Waals surface area contributed by atoms with E-state index in [2.05, 4.69) is 4.90 Å². The number of rotatable bonds is 2. The van der Waals surface area contributed by atoms with Crippen molar-refractivity contribution < 1.29 is 9.53 Å². The van der Waals surface area contributed by atoms with Gasteiger partial charge in [0, 0.05) is 13.1 Å². The number of morpholine rings is 1. The largest absolute Gasteiger partial charge is 0.374 e. The van der Waals surface area contributed by atoms with Crippen LogP contribution in [-0.4, -0.2) is 42.6 Å². The molecular formula is C16H28N2O2. The number of amides is 1. The molecule has 2 N–H and O–H groups in total. The fraction of sp³-hybridized carbons (Fsp3) is 0.938. The maximum absolute atomic E-state index is 13.2. The van der Waals surface area contributed by atoms with Crippen LogP contribution in [0.15, 0.2) is 0 Å². The minimum absolute atomic E-state index is 0.277. The lowest BCUT2D eigenvalue weighted by atomic mass is 9.78. The van der Waals surface area contributed by atoms with Crippen molar-refractivity contribution in [2.24, 2.45) is 11.1 Å². The van der Waals surface area contributed by atoms with Crippen molar-refractivity contribution in [1.29, 1.82) is 0 Å². The normalized spacial score (nSPS) is 33.5. The van der Waals surface area contributed by atoms with Gasteiger partial charge in [-0.15, -0.1) is 0 Å². The Morgan fingerprint density at radius 3 is 2.60 bits per heavy atom. The molecule has 0 aromatic carbocycles. The number of ether oxygens (including phenoxy) is 1. The van der Waals surface area contributed by atoms with Crippen LogP contribution in [0.4, 0.5) is 0 Å². The predicted molar refractivity (Wildman–Crippen MR) is 78.3 cm³/mol. The van der Waals surface area contributed by atoms with E-state index in [1.165, 1.54) is 19.3 Å². The van der Waals surface area contributed by atoms with E-state index < -0.39 is 0 Å². The number of nitrogens with zero attached hydrogens (tertiary/aromatic N) is 1. The number of carbonyl (C=O) groups excluding carboxylic acids is 1. The van der Waals surface area contributed by atoms with Crippen molar-refractivity contribution in [3.05, 3.63) is 0 Å². The summed E-state index contributed by atoms with van der Waals surface area (Å²) in [5, 5.41) is 0. The van der Waals surface area contributed by atoms with Crippen molar-refractivity contribution in [2.75, 3.05) is 19.7 Å². The Bertz CT molecular complexity index is 350. The van der Waals surface area contributed by atoms with Crippen LogP contribution >= 0.6 is 0 Å². The second-order valence-electron chi connectivity index (χ2n) is 6.80. The first kappa shape index (κ1) is 14.3. The predicted octanol–water partition coefficient (Wildman–Crippen LogP) is 2.07. The van der Waals surface area contributed by atoms with Crippen molar-refractivity contribution in [1.82, 2.24) is 4.90 Å². The zero-order chi connectivity index (χ0) is 14.0. The molecule has 4 heteroatoms. The number of hydrogen-bond donors (Lipinski definition) is 1. The van der Waals surface area contributed by atoms with E-state index in [0.29, 0.717) is 25.1 Å². The van der Waals surface area contributed by atoms with Gasteiger partial charge in [0.1, 0.15) is 0 Å². The molecule has 114 valence electrons. The number of nitrogens with two attached hydrogens (primary N) is 1. The molecule has 2 atom stereocenters. The summed E-state index contributed by atoms with van der Waals surface area (Å²) < 4.78 is 5.84. The lowest BCUT2D eigenvalue weighted by Gasteiger charge is -2.43. The fourth-order valence-corrected chi connectivity index (χ4v) is 4.39.